The van der Waals surface area contributed by atoms with Crippen LogP contribution in [0, 0.1) is 0 Å². The molecule has 0 bridgehead atoms. The van der Waals surface area contributed by atoms with E-state index in [-0.39, 0.29) is 18.5 Å². The van der Waals surface area contributed by atoms with Gasteiger partial charge in [-0.1, -0.05) is 6.07 Å². The number of nitrogens with one attached hydrogen (secondary N) is 2. The molecule has 13 heteroatoms. The van der Waals surface area contributed by atoms with Crippen LogP contribution in [0.25, 0.3) is 0 Å². The number of nitrogens with zero attached hydrogens (tertiary/aromatic N) is 6. The summed E-state index contributed by atoms with van der Waals surface area (Å²) in [6.07, 6.45) is 6.09. The quantitative estimate of drug-likeness (QED) is 0.458. The minimum Gasteiger partial charge on any atom is -0.444 e. The molecule has 12 nitrogen and oxygen atoms in total. The first kappa shape index (κ1) is 27.0. The first-order chi connectivity index (χ1) is 17.9. The highest BCUT2D eigenvalue weighted by atomic mass is 32.2. The Labute approximate surface area is 222 Å². The van der Waals surface area contributed by atoms with Crippen molar-refractivity contribution in [3.8, 4) is 0 Å². The zero-order valence-electron chi connectivity index (χ0n) is 22.1. The van der Waals surface area contributed by atoms with Crippen molar-refractivity contribution in [1.82, 2.24) is 24.8 Å². The molecular formula is C25H32N8O4S. The highest BCUT2D eigenvalue weighted by Gasteiger charge is 2.26. The number of carbonyl (C=O) groups excluding carboxylic acids is 1. The minimum absolute atomic E-state index is 0.215. The zero-order valence-corrected chi connectivity index (χ0v) is 22.9. The first-order valence-corrected chi connectivity index (χ1v) is 13.9. The van der Waals surface area contributed by atoms with Crippen molar-refractivity contribution in [2.75, 3.05) is 34.8 Å². The van der Waals surface area contributed by atoms with Crippen LogP contribution in [0.2, 0.25) is 0 Å². The molecule has 0 saturated heterocycles. The molecule has 0 spiro atoms. The monoisotopic (exact) mass is 540 g/mol. The number of ether oxygens (including phenoxy) is 1. The van der Waals surface area contributed by atoms with E-state index in [4.69, 9.17) is 4.74 Å². The van der Waals surface area contributed by atoms with Crippen LogP contribution in [-0.2, 0) is 34.3 Å². The third-order valence-corrected chi connectivity index (χ3v) is 6.93. The molecule has 0 unspecified atom stereocenters. The fraction of sp³-hybridized carbons (Fsp3) is 0.400. The second-order valence-electron chi connectivity index (χ2n) is 9.94. The average molecular weight is 541 g/mol. The number of sulfonamides is 1. The van der Waals surface area contributed by atoms with E-state index in [1.807, 2.05) is 39.0 Å². The molecule has 2 aromatic heterocycles. The van der Waals surface area contributed by atoms with Gasteiger partial charge in [0.2, 0.25) is 16.0 Å². The third-order valence-electron chi connectivity index (χ3n) is 5.77. The SMILES string of the molecule is CN(c1nccnc1CNc1ccnc(Nc2ccc3c(c2)CCN(C(=O)OC(C)(C)C)C3)n1)S(C)(=O)=O. The van der Waals surface area contributed by atoms with Gasteiger partial charge in [-0.05, 0) is 56.5 Å². The Morgan fingerprint density at radius 1 is 1.11 bits per heavy atom. The number of aromatic nitrogens is 4. The van der Waals surface area contributed by atoms with Crippen LogP contribution in [-0.4, -0.2) is 64.8 Å². The van der Waals surface area contributed by atoms with Crippen LogP contribution in [0.1, 0.15) is 37.6 Å². The number of amides is 1. The maximum absolute atomic E-state index is 12.4. The largest absolute Gasteiger partial charge is 0.444 e. The summed E-state index contributed by atoms with van der Waals surface area (Å²) in [6.45, 7) is 6.87. The molecule has 3 heterocycles. The number of benzene rings is 1. The fourth-order valence-corrected chi connectivity index (χ4v) is 4.30. The Kier molecular flexibility index (Phi) is 7.67. The van der Waals surface area contributed by atoms with E-state index in [2.05, 4.69) is 30.6 Å². The van der Waals surface area contributed by atoms with Crippen molar-refractivity contribution in [1.29, 1.82) is 0 Å². The predicted octanol–water partition coefficient (Wildman–Crippen LogP) is 3.31. The number of hydrogen-bond acceptors (Lipinski definition) is 10. The lowest BCUT2D eigenvalue weighted by atomic mass is 9.99. The number of fused-ring (bicyclic) bond motifs is 1. The van der Waals surface area contributed by atoms with Gasteiger partial charge in [0.15, 0.2) is 5.82 Å². The third kappa shape index (κ3) is 6.85. The maximum atomic E-state index is 12.4. The maximum Gasteiger partial charge on any atom is 0.410 e. The Bertz CT molecular complexity index is 1420. The number of hydrogen-bond donors (Lipinski definition) is 2. The molecule has 1 aromatic carbocycles. The molecule has 0 aliphatic carbocycles. The second-order valence-corrected chi connectivity index (χ2v) is 12.0. The summed E-state index contributed by atoms with van der Waals surface area (Å²) in [7, 11) is -2.05. The van der Waals surface area contributed by atoms with Gasteiger partial charge < -0.3 is 20.3 Å². The smallest absolute Gasteiger partial charge is 0.410 e. The van der Waals surface area contributed by atoms with Crippen LogP contribution in [0.3, 0.4) is 0 Å². The van der Waals surface area contributed by atoms with Gasteiger partial charge in [0.05, 0.1) is 12.8 Å². The van der Waals surface area contributed by atoms with E-state index >= 15 is 0 Å². The average Bonchev–Trinajstić information content (AvgIpc) is 2.85. The van der Waals surface area contributed by atoms with Crippen molar-refractivity contribution in [3.63, 3.8) is 0 Å². The zero-order chi connectivity index (χ0) is 27.5. The minimum atomic E-state index is -3.48. The van der Waals surface area contributed by atoms with E-state index in [9.17, 15) is 13.2 Å². The van der Waals surface area contributed by atoms with Gasteiger partial charge in [-0.3, -0.25) is 9.29 Å². The molecule has 0 radical (unpaired) electrons. The Morgan fingerprint density at radius 3 is 2.61 bits per heavy atom. The highest BCUT2D eigenvalue weighted by Crippen LogP contribution is 2.25. The van der Waals surface area contributed by atoms with Crippen LogP contribution in [0.4, 0.5) is 28.1 Å². The highest BCUT2D eigenvalue weighted by molar-refractivity contribution is 7.92. The van der Waals surface area contributed by atoms with Gasteiger partial charge in [-0.2, -0.15) is 4.98 Å². The molecule has 0 saturated carbocycles. The van der Waals surface area contributed by atoms with E-state index in [1.165, 1.54) is 19.4 Å². The van der Waals surface area contributed by atoms with Crippen molar-refractivity contribution in [2.45, 2.75) is 45.9 Å². The second kappa shape index (κ2) is 10.8. The molecule has 4 rings (SSSR count). The fourth-order valence-electron chi connectivity index (χ4n) is 3.84. The van der Waals surface area contributed by atoms with Crippen molar-refractivity contribution < 1.29 is 17.9 Å². The van der Waals surface area contributed by atoms with E-state index < -0.39 is 15.6 Å². The van der Waals surface area contributed by atoms with Gasteiger partial charge in [0.1, 0.15) is 17.1 Å². The van der Waals surface area contributed by atoms with Crippen LogP contribution < -0.4 is 14.9 Å². The van der Waals surface area contributed by atoms with Crippen LogP contribution in [0.5, 0.6) is 0 Å². The normalized spacial score (nSPS) is 13.4. The summed E-state index contributed by atoms with van der Waals surface area (Å²) in [6, 6.07) is 7.66. The standard InChI is InChI=1S/C25H32N8O4S/c1-25(2,3)37-24(34)33-13-9-17-14-19(7-6-18(17)16-33)30-23-28-10-8-21(31-23)29-15-20-22(27-12-11-26-20)32(4)38(5,35)36/h6-8,10-12,14H,9,13,15-16H2,1-5H3,(H2,28,29,30,31). The lowest BCUT2D eigenvalue weighted by Crippen LogP contribution is -2.39. The van der Waals surface area contributed by atoms with Gasteiger partial charge in [0.25, 0.3) is 0 Å². The van der Waals surface area contributed by atoms with E-state index in [0.717, 1.165) is 33.8 Å². The lowest BCUT2D eigenvalue weighted by Gasteiger charge is -2.31. The Balaban J connectivity index is 1.41. The molecule has 3 aromatic rings. The van der Waals surface area contributed by atoms with Crippen molar-refractivity contribution in [2.24, 2.45) is 0 Å². The first-order valence-electron chi connectivity index (χ1n) is 12.1. The predicted molar refractivity (Wildman–Crippen MR) is 145 cm³/mol. The summed E-state index contributed by atoms with van der Waals surface area (Å²) in [5, 5.41) is 6.38. The number of rotatable bonds is 7. The van der Waals surface area contributed by atoms with Gasteiger partial charge in [-0.25, -0.2) is 23.2 Å². The van der Waals surface area contributed by atoms with Crippen LogP contribution >= 0.6 is 0 Å². The molecule has 1 aliphatic rings. The van der Waals surface area contributed by atoms with Crippen molar-refractivity contribution in [3.05, 3.63) is 59.7 Å². The van der Waals surface area contributed by atoms with Crippen LogP contribution in [0.15, 0.2) is 42.9 Å². The molecule has 1 amide bonds. The summed E-state index contributed by atoms with van der Waals surface area (Å²) >= 11 is 0. The Morgan fingerprint density at radius 2 is 1.87 bits per heavy atom. The summed E-state index contributed by atoms with van der Waals surface area (Å²) in [4.78, 5) is 31.4. The topological polar surface area (TPSA) is 143 Å². The summed E-state index contributed by atoms with van der Waals surface area (Å²) in [5.41, 5.74) is 2.98. The number of carbonyl (C=O) groups is 1. The summed E-state index contributed by atoms with van der Waals surface area (Å²) < 4.78 is 30.5. The molecule has 202 valence electrons. The molecule has 0 atom stereocenters. The van der Waals surface area contributed by atoms with Crippen molar-refractivity contribution >= 4 is 39.4 Å². The molecule has 2 N–H and O–H groups in total. The number of anilines is 4. The van der Waals surface area contributed by atoms with E-state index in [1.54, 1.807) is 17.2 Å². The lowest BCUT2D eigenvalue weighted by molar-refractivity contribution is 0.0224. The Hall–Kier alpha value is -4.00. The summed E-state index contributed by atoms with van der Waals surface area (Å²) in [5.74, 6) is 1.18. The van der Waals surface area contributed by atoms with Gasteiger partial charge >= 0.3 is 6.09 Å². The van der Waals surface area contributed by atoms with E-state index in [0.29, 0.717) is 30.5 Å². The molecular weight excluding hydrogens is 508 g/mol. The molecule has 1 aliphatic heterocycles. The molecule has 38 heavy (non-hydrogen) atoms. The van der Waals surface area contributed by atoms with Gasteiger partial charge in [-0.15, -0.1) is 0 Å². The molecule has 0 fully saturated rings. The van der Waals surface area contributed by atoms with Gasteiger partial charge in [0, 0.05) is 44.4 Å².